The van der Waals surface area contributed by atoms with Crippen LogP contribution in [-0.2, 0) is 6.42 Å². The van der Waals surface area contributed by atoms with Crippen LogP contribution in [0.2, 0.25) is 0 Å². The lowest BCUT2D eigenvalue weighted by Crippen LogP contribution is -2.03. The Morgan fingerprint density at radius 3 is 2.33 bits per heavy atom. The predicted molar refractivity (Wildman–Crippen MR) is 161 cm³/mol. The third-order valence-electron chi connectivity index (χ3n) is 6.01. The van der Waals surface area contributed by atoms with E-state index in [4.69, 9.17) is 9.97 Å². The van der Waals surface area contributed by atoms with Crippen molar-refractivity contribution >= 4 is 22.0 Å². The highest BCUT2D eigenvalue weighted by Gasteiger charge is 2.18. The second-order valence-electron chi connectivity index (χ2n) is 8.40. The molecule has 0 amide bonds. The highest BCUT2D eigenvalue weighted by atomic mass is 14.9. The van der Waals surface area contributed by atoms with Gasteiger partial charge >= 0.3 is 0 Å². The van der Waals surface area contributed by atoms with Crippen LogP contribution in [0.25, 0.3) is 33.2 Å². The first kappa shape index (κ1) is 28.7. The first-order chi connectivity index (χ1) is 17.6. The van der Waals surface area contributed by atoms with Crippen molar-refractivity contribution in [1.82, 2.24) is 9.97 Å². The maximum atomic E-state index is 5.13. The monoisotopic (exact) mass is 478 g/mol. The molecule has 3 aromatic rings. The average Bonchev–Trinajstić information content (AvgIpc) is 2.91. The van der Waals surface area contributed by atoms with E-state index in [1.54, 1.807) is 12.2 Å². The summed E-state index contributed by atoms with van der Waals surface area (Å²) in [6.45, 7) is 20.6. The van der Waals surface area contributed by atoms with Gasteiger partial charge in [0, 0.05) is 16.5 Å². The lowest BCUT2D eigenvalue weighted by Gasteiger charge is -2.17. The van der Waals surface area contributed by atoms with E-state index in [0.29, 0.717) is 5.82 Å². The molecule has 0 radical (unpaired) electrons. The molecule has 1 aromatic heterocycles. The molecule has 188 valence electrons. The van der Waals surface area contributed by atoms with Gasteiger partial charge in [-0.05, 0) is 48.4 Å². The topological polar surface area (TPSA) is 25.8 Å². The molecular weight excluding hydrogens is 436 g/mol. The summed E-state index contributed by atoms with van der Waals surface area (Å²) in [5, 5.41) is 1.08. The number of rotatable bonds is 10. The minimum absolute atomic E-state index is 0.677. The third-order valence-corrected chi connectivity index (χ3v) is 6.01. The molecule has 0 saturated carbocycles. The van der Waals surface area contributed by atoms with Crippen molar-refractivity contribution in [2.75, 3.05) is 0 Å². The summed E-state index contributed by atoms with van der Waals surface area (Å²) in [4.78, 5) is 10.2. The van der Waals surface area contributed by atoms with E-state index in [2.05, 4.69) is 95.5 Å². The molecule has 0 aliphatic carbocycles. The lowest BCUT2D eigenvalue weighted by atomic mass is 9.90. The summed E-state index contributed by atoms with van der Waals surface area (Å²) in [6.07, 6.45) is 16.0. The fourth-order valence-electron chi connectivity index (χ4n) is 4.31. The largest absolute Gasteiger partial charge is 0.228 e. The summed E-state index contributed by atoms with van der Waals surface area (Å²) < 4.78 is 0. The van der Waals surface area contributed by atoms with Gasteiger partial charge < -0.3 is 0 Å². The smallest absolute Gasteiger partial charge is 0.160 e. The number of fused-ring (bicyclic) bond motifs is 1. The van der Waals surface area contributed by atoms with E-state index in [0.717, 1.165) is 47.9 Å². The molecule has 36 heavy (non-hydrogen) atoms. The first-order valence-corrected chi connectivity index (χ1v) is 13.3. The van der Waals surface area contributed by atoms with Crippen molar-refractivity contribution < 1.29 is 0 Å². The van der Waals surface area contributed by atoms with Crippen molar-refractivity contribution in [2.24, 2.45) is 0 Å². The number of aromatic nitrogens is 2. The molecular formula is C34H42N2. The summed E-state index contributed by atoms with van der Waals surface area (Å²) in [5.41, 5.74) is 9.03. The van der Waals surface area contributed by atoms with Crippen LogP contribution in [0.5, 0.6) is 0 Å². The van der Waals surface area contributed by atoms with Gasteiger partial charge in [0.05, 0.1) is 11.2 Å². The number of hydrogen-bond acceptors (Lipinski definition) is 2. The van der Waals surface area contributed by atoms with Crippen molar-refractivity contribution in [3.8, 4) is 11.1 Å². The molecule has 3 rings (SSSR count). The Kier molecular flexibility index (Phi) is 11.8. The van der Waals surface area contributed by atoms with Gasteiger partial charge in [-0.3, -0.25) is 0 Å². The molecule has 0 aliphatic rings. The molecule has 2 nitrogen and oxygen atoms in total. The minimum atomic E-state index is 0.677. The van der Waals surface area contributed by atoms with Crippen LogP contribution >= 0.6 is 0 Å². The van der Waals surface area contributed by atoms with Crippen LogP contribution in [0.1, 0.15) is 76.5 Å². The summed E-state index contributed by atoms with van der Waals surface area (Å²) in [7, 11) is 0. The normalized spacial score (nSPS) is 11.9. The fraction of sp³-hybridized carbons (Fsp3) is 0.294. The van der Waals surface area contributed by atoms with E-state index in [1.807, 2.05) is 19.9 Å². The minimum Gasteiger partial charge on any atom is -0.228 e. The molecule has 0 unspecified atom stereocenters. The zero-order valence-corrected chi connectivity index (χ0v) is 23.1. The number of benzene rings is 2. The van der Waals surface area contributed by atoms with Gasteiger partial charge in [-0.15, -0.1) is 0 Å². The number of nitrogens with zero attached hydrogens (tertiary/aromatic N) is 2. The van der Waals surface area contributed by atoms with E-state index in [1.165, 1.54) is 27.8 Å². The van der Waals surface area contributed by atoms with Gasteiger partial charge in [0.15, 0.2) is 5.82 Å². The van der Waals surface area contributed by atoms with Crippen LogP contribution in [0, 0.1) is 6.92 Å². The molecule has 1 heterocycles. The highest BCUT2D eigenvalue weighted by Crippen LogP contribution is 2.37. The van der Waals surface area contributed by atoms with Crippen molar-refractivity contribution in [3.63, 3.8) is 0 Å². The fourth-order valence-corrected chi connectivity index (χ4v) is 4.31. The molecule has 2 heteroatoms. The molecule has 0 bridgehead atoms. The molecule has 0 atom stereocenters. The van der Waals surface area contributed by atoms with Crippen molar-refractivity contribution in [3.05, 3.63) is 109 Å². The van der Waals surface area contributed by atoms with Crippen LogP contribution in [0.3, 0.4) is 0 Å². The zero-order valence-electron chi connectivity index (χ0n) is 23.1. The van der Waals surface area contributed by atoms with Crippen LogP contribution in [0.15, 0.2) is 86.0 Å². The first-order valence-electron chi connectivity index (χ1n) is 13.3. The van der Waals surface area contributed by atoms with Gasteiger partial charge in [0.1, 0.15) is 0 Å². The van der Waals surface area contributed by atoms with E-state index in [9.17, 15) is 0 Å². The lowest BCUT2D eigenvalue weighted by molar-refractivity contribution is 0.923. The van der Waals surface area contributed by atoms with Crippen LogP contribution in [0.4, 0.5) is 0 Å². The number of allylic oxidation sites excluding steroid dienone is 8. The number of aryl methyl sites for hydroxylation is 2. The number of hydrogen-bond donors (Lipinski definition) is 0. The van der Waals surface area contributed by atoms with Crippen LogP contribution in [-0.4, -0.2) is 9.97 Å². The summed E-state index contributed by atoms with van der Waals surface area (Å²) >= 11 is 0. The molecule has 0 spiro atoms. The van der Waals surface area contributed by atoms with Gasteiger partial charge in [-0.25, -0.2) is 9.97 Å². The summed E-state index contributed by atoms with van der Waals surface area (Å²) in [6, 6.07) is 13.1. The standard InChI is InChI=1S/C32H36N2.C2H6/c1-7-12-13-18-24(10-4)30-28-22-21-23(6)29(27-20-15-14-19-26(27)17-9-3)31(28)34-32(33-30)25(11-5)16-8-2;1-2/h8,11-16,18-22H,2,5,7,9-10,17H2,1,3-4,6H3;1-2H3/b13-12-,24-18+,25-16+;. The van der Waals surface area contributed by atoms with Crippen molar-refractivity contribution in [2.45, 2.75) is 67.2 Å². The molecule has 0 aliphatic heterocycles. The molecule has 0 saturated heterocycles. The molecule has 0 fully saturated rings. The van der Waals surface area contributed by atoms with Crippen molar-refractivity contribution in [1.29, 1.82) is 0 Å². The van der Waals surface area contributed by atoms with E-state index in [-0.39, 0.29) is 0 Å². The van der Waals surface area contributed by atoms with E-state index < -0.39 is 0 Å². The quantitative estimate of drug-likeness (QED) is 0.271. The van der Waals surface area contributed by atoms with Gasteiger partial charge in [-0.1, -0.05) is 127 Å². The second-order valence-corrected chi connectivity index (χ2v) is 8.40. The summed E-state index contributed by atoms with van der Waals surface area (Å²) in [5.74, 6) is 0.677. The third kappa shape index (κ3) is 6.57. The highest BCUT2D eigenvalue weighted by molar-refractivity contribution is 6.01. The van der Waals surface area contributed by atoms with Gasteiger partial charge in [-0.2, -0.15) is 0 Å². The Hall–Kier alpha value is -3.52. The van der Waals surface area contributed by atoms with E-state index >= 15 is 0 Å². The second kappa shape index (κ2) is 14.8. The maximum Gasteiger partial charge on any atom is 0.160 e. The Bertz CT molecular complexity index is 1270. The average molecular weight is 479 g/mol. The van der Waals surface area contributed by atoms with Crippen LogP contribution < -0.4 is 0 Å². The van der Waals surface area contributed by atoms with Gasteiger partial charge in [0.25, 0.3) is 0 Å². The molecule has 0 N–H and O–H groups in total. The predicted octanol–water partition coefficient (Wildman–Crippen LogP) is 10.1. The Balaban J connectivity index is 0.00000222. The SMILES string of the molecule is C=C/C=C(\C=C)c1nc(/C(=C/C=C\CC)CC)c2ccc(C)c(-c3ccccc3CCC)c2n1.CC. The Morgan fingerprint density at radius 1 is 0.944 bits per heavy atom. The Morgan fingerprint density at radius 2 is 1.69 bits per heavy atom. The Labute approximate surface area is 218 Å². The zero-order chi connectivity index (χ0) is 26.5. The van der Waals surface area contributed by atoms with Gasteiger partial charge in [0.2, 0.25) is 0 Å². The maximum absolute atomic E-state index is 5.13. The molecule has 2 aromatic carbocycles.